The molecule has 0 atom stereocenters. The van der Waals surface area contributed by atoms with E-state index in [-0.39, 0.29) is 0 Å². The number of hydrogen-bond donors (Lipinski definition) is 0. The van der Waals surface area contributed by atoms with Gasteiger partial charge in [0.2, 0.25) is 0 Å². The smallest absolute Gasteiger partial charge is 0.0801 e. The van der Waals surface area contributed by atoms with E-state index in [1.54, 1.807) is 11.3 Å². The standard InChI is InChI=1S/C9H7NS.C2H6/c1-2-6-10-8(4-1)9-5-3-7-11-9;1-2/h1-7H;1-2H3. The van der Waals surface area contributed by atoms with E-state index < -0.39 is 0 Å². The van der Waals surface area contributed by atoms with Crippen molar-refractivity contribution in [3.8, 4) is 10.6 Å². The van der Waals surface area contributed by atoms with Gasteiger partial charge in [-0.3, -0.25) is 4.98 Å². The molecule has 0 aliphatic carbocycles. The summed E-state index contributed by atoms with van der Waals surface area (Å²) in [6.07, 6.45) is 1.81. The summed E-state index contributed by atoms with van der Waals surface area (Å²) in [6, 6.07) is 10.1. The Bertz CT molecular complexity index is 313. The first-order chi connectivity index (χ1) is 6.47. The Morgan fingerprint density at radius 3 is 2.46 bits per heavy atom. The molecule has 2 aromatic rings. The topological polar surface area (TPSA) is 12.9 Å². The molecule has 0 aliphatic rings. The molecule has 0 saturated heterocycles. The molecule has 0 N–H and O–H groups in total. The third-order valence-corrected chi connectivity index (χ3v) is 2.33. The summed E-state index contributed by atoms with van der Waals surface area (Å²) < 4.78 is 0. The molecular weight excluding hydrogens is 178 g/mol. The Kier molecular flexibility index (Phi) is 4.19. The van der Waals surface area contributed by atoms with Gasteiger partial charge in [-0.1, -0.05) is 26.0 Å². The molecule has 0 aromatic carbocycles. The first-order valence-corrected chi connectivity index (χ1v) is 5.30. The Labute approximate surface area is 83.1 Å². The van der Waals surface area contributed by atoms with Gasteiger partial charge >= 0.3 is 0 Å². The molecule has 2 heterocycles. The third kappa shape index (κ3) is 2.67. The predicted octanol–water partition coefficient (Wildman–Crippen LogP) is 3.84. The van der Waals surface area contributed by atoms with E-state index in [2.05, 4.69) is 16.4 Å². The minimum atomic E-state index is 1.06. The van der Waals surface area contributed by atoms with Crippen LogP contribution in [0.3, 0.4) is 0 Å². The summed E-state index contributed by atoms with van der Waals surface area (Å²) in [4.78, 5) is 5.46. The number of hydrogen-bond acceptors (Lipinski definition) is 2. The molecule has 0 unspecified atom stereocenters. The monoisotopic (exact) mass is 191 g/mol. The van der Waals surface area contributed by atoms with E-state index in [0.717, 1.165) is 5.69 Å². The lowest BCUT2D eigenvalue weighted by molar-refractivity contribution is 1.34. The van der Waals surface area contributed by atoms with Crippen molar-refractivity contribution in [2.24, 2.45) is 0 Å². The summed E-state index contributed by atoms with van der Waals surface area (Å²) in [5.74, 6) is 0. The van der Waals surface area contributed by atoms with Gasteiger partial charge in [0.1, 0.15) is 0 Å². The average Bonchev–Trinajstić information content (AvgIpc) is 2.75. The van der Waals surface area contributed by atoms with Crippen molar-refractivity contribution in [2.75, 3.05) is 0 Å². The van der Waals surface area contributed by atoms with Crippen LogP contribution in [-0.4, -0.2) is 4.98 Å². The van der Waals surface area contributed by atoms with E-state index in [0.29, 0.717) is 0 Å². The SMILES string of the molecule is CC.c1ccc(-c2cccs2)nc1. The van der Waals surface area contributed by atoms with Gasteiger partial charge in [-0.25, -0.2) is 0 Å². The van der Waals surface area contributed by atoms with Crippen LogP contribution in [0.15, 0.2) is 41.9 Å². The van der Waals surface area contributed by atoms with Gasteiger partial charge in [0.05, 0.1) is 10.6 Å². The molecule has 68 valence electrons. The molecule has 0 fully saturated rings. The van der Waals surface area contributed by atoms with Gasteiger partial charge in [-0.2, -0.15) is 0 Å². The molecule has 2 rings (SSSR count). The summed E-state index contributed by atoms with van der Waals surface area (Å²) >= 11 is 1.71. The van der Waals surface area contributed by atoms with Crippen molar-refractivity contribution in [1.29, 1.82) is 0 Å². The minimum Gasteiger partial charge on any atom is -0.255 e. The maximum absolute atomic E-state index is 4.23. The zero-order valence-electron chi connectivity index (χ0n) is 7.90. The van der Waals surface area contributed by atoms with Crippen LogP contribution >= 0.6 is 11.3 Å². The van der Waals surface area contributed by atoms with Gasteiger partial charge < -0.3 is 0 Å². The summed E-state index contributed by atoms with van der Waals surface area (Å²) in [7, 11) is 0. The van der Waals surface area contributed by atoms with Crippen molar-refractivity contribution in [2.45, 2.75) is 13.8 Å². The van der Waals surface area contributed by atoms with Crippen molar-refractivity contribution in [3.63, 3.8) is 0 Å². The third-order valence-electron chi connectivity index (χ3n) is 1.44. The van der Waals surface area contributed by atoms with E-state index in [1.165, 1.54) is 4.88 Å². The number of nitrogens with zero attached hydrogens (tertiary/aromatic N) is 1. The van der Waals surface area contributed by atoms with Crippen LogP contribution in [0.4, 0.5) is 0 Å². The van der Waals surface area contributed by atoms with Crippen molar-refractivity contribution in [3.05, 3.63) is 41.9 Å². The number of rotatable bonds is 1. The molecule has 13 heavy (non-hydrogen) atoms. The molecule has 0 amide bonds. The lowest BCUT2D eigenvalue weighted by atomic mass is 10.3. The van der Waals surface area contributed by atoms with E-state index in [4.69, 9.17) is 0 Å². The quantitative estimate of drug-likeness (QED) is 0.667. The number of aromatic nitrogens is 1. The highest BCUT2D eigenvalue weighted by atomic mass is 32.1. The Hall–Kier alpha value is -1.15. The molecule has 0 aliphatic heterocycles. The lowest BCUT2D eigenvalue weighted by Crippen LogP contribution is -1.75. The fourth-order valence-corrected chi connectivity index (χ4v) is 1.64. The Morgan fingerprint density at radius 2 is 1.92 bits per heavy atom. The van der Waals surface area contributed by atoms with Crippen molar-refractivity contribution >= 4 is 11.3 Å². The largest absolute Gasteiger partial charge is 0.255 e. The normalized spacial score (nSPS) is 8.77. The van der Waals surface area contributed by atoms with Crippen LogP contribution in [0.25, 0.3) is 10.6 Å². The van der Waals surface area contributed by atoms with E-state index in [9.17, 15) is 0 Å². The molecule has 1 nitrogen and oxygen atoms in total. The van der Waals surface area contributed by atoms with Crippen LogP contribution < -0.4 is 0 Å². The van der Waals surface area contributed by atoms with Crippen LogP contribution in [0.1, 0.15) is 13.8 Å². The second-order valence-electron chi connectivity index (χ2n) is 2.19. The van der Waals surface area contributed by atoms with Gasteiger partial charge in [0, 0.05) is 6.20 Å². The number of pyridine rings is 1. The highest BCUT2D eigenvalue weighted by molar-refractivity contribution is 7.13. The first kappa shape index (κ1) is 9.93. The molecule has 0 radical (unpaired) electrons. The van der Waals surface area contributed by atoms with Crippen molar-refractivity contribution in [1.82, 2.24) is 4.98 Å². The first-order valence-electron chi connectivity index (χ1n) is 4.42. The lowest BCUT2D eigenvalue weighted by Gasteiger charge is -1.92. The number of thiophene rings is 1. The highest BCUT2D eigenvalue weighted by Gasteiger charge is 1.95. The Morgan fingerprint density at radius 1 is 1.08 bits per heavy atom. The van der Waals surface area contributed by atoms with Crippen LogP contribution in [-0.2, 0) is 0 Å². The van der Waals surface area contributed by atoms with E-state index in [1.807, 2.05) is 44.3 Å². The average molecular weight is 191 g/mol. The van der Waals surface area contributed by atoms with Crippen LogP contribution in [0.2, 0.25) is 0 Å². The van der Waals surface area contributed by atoms with Gasteiger partial charge in [-0.15, -0.1) is 11.3 Å². The molecular formula is C11H13NS. The molecule has 2 aromatic heterocycles. The fraction of sp³-hybridized carbons (Fsp3) is 0.182. The zero-order valence-corrected chi connectivity index (χ0v) is 8.71. The summed E-state index contributed by atoms with van der Waals surface area (Å²) in [5.41, 5.74) is 1.06. The summed E-state index contributed by atoms with van der Waals surface area (Å²) in [6.45, 7) is 4.00. The molecule has 0 saturated carbocycles. The molecule has 0 bridgehead atoms. The van der Waals surface area contributed by atoms with Crippen LogP contribution in [0, 0.1) is 0 Å². The maximum atomic E-state index is 4.23. The van der Waals surface area contributed by atoms with Gasteiger partial charge in [-0.05, 0) is 23.6 Å². The predicted molar refractivity (Wildman–Crippen MR) is 58.9 cm³/mol. The minimum absolute atomic E-state index is 1.06. The van der Waals surface area contributed by atoms with E-state index >= 15 is 0 Å². The molecule has 0 spiro atoms. The summed E-state index contributed by atoms with van der Waals surface area (Å²) in [5, 5.41) is 2.06. The maximum Gasteiger partial charge on any atom is 0.0801 e. The second-order valence-corrected chi connectivity index (χ2v) is 3.14. The fourth-order valence-electron chi connectivity index (χ4n) is 0.933. The highest BCUT2D eigenvalue weighted by Crippen LogP contribution is 2.21. The van der Waals surface area contributed by atoms with Gasteiger partial charge in [0.25, 0.3) is 0 Å². The second kappa shape index (κ2) is 5.49. The van der Waals surface area contributed by atoms with Crippen molar-refractivity contribution < 1.29 is 0 Å². The zero-order chi connectivity index (χ0) is 9.52. The molecule has 2 heteroatoms. The Balaban J connectivity index is 0.000000396. The van der Waals surface area contributed by atoms with Crippen LogP contribution in [0.5, 0.6) is 0 Å². The van der Waals surface area contributed by atoms with Gasteiger partial charge in [0.15, 0.2) is 0 Å².